The summed E-state index contributed by atoms with van der Waals surface area (Å²) >= 11 is 0. The number of nitrogens with one attached hydrogen (secondary N) is 1. The third-order valence-corrected chi connectivity index (χ3v) is 11.2. The molecular formula is C52H91N3O2. The maximum atomic E-state index is 6.25. The Morgan fingerprint density at radius 2 is 0.982 bits per heavy atom. The van der Waals surface area contributed by atoms with E-state index >= 15 is 0 Å². The summed E-state index contributed by atoms with van der Waals surface area (Å²) in [6, 6.07) is 9.36. The first-order chi connectivity index (χ1) is 28.2. The zero-order chi connectivity index (χ0) is 40.5. The predicted molar refractivity (Wildman–Crippen MR) is 250 cm³/mol. The number of benzene rings is 1. The van der Waals surface area contributed by atoms with E-state index in [9.17, 15) is 0 Å². The van der Waals surface area contributed by atoms with Crippen molar-refractivity contribution in [3.8, 4) is 0 Å². The molecule has 2 rings (SSSR count). The van der Waals surface area contributed by atoms with Crippen LogP contribution in [0.1, 0.15) is 179 Å². The van der Waals surface area contributed by atoms with Gasteiger partial charge in [0.15, 0.2) is 0 Å². The second-order valence-electron chi connectivity index (χ2n) is 16.8. The summed E-state index contributed by atoms with van der Waals surface area (Å²) in [7, 11) is 2.23. The van der Waals surface area contributed by atoms with Gasteiger partial charge in [-0.1, -0.05) is 164 Å². The van der Waals surface area contributed by atoms with Crippen LogP contribution in [0.25, 0.3) is 0 Å². The van der Waals surface area contributed by atoms with Crippen molar-refractivity contribution >= 4 is 0 Å². The zero-order valence-electron chi connectivity index (χ0n) is 37.8. The van der Waals surface area contributed by atoms with Gasteiger partial charge in [-0.15, -0.1) is 0 Å². The lowest BCUT2D eigenvalue weighted by atomic mass is 10.1. The second kappa shape index (κ2) is 39.4. The molecule has 0 unspecified atom stereocenters. The average Bonchev–Trinajstić information content (AvgIpc) is 3.22. The molecule has 57 heavy (non-hydrogen) atoms. The van der Waals surface area contributed by atoms with Gasteiger partial charge in [0, 0.05) is 52.5 Å². The molecule has 1 aliphatic heterocycles. The Hall–Kier alpha value is -2.02. The van der Waals surface area contributed by atoms with E-state index in [0.29, 0.717) is 13.2 Å². The van der Waals surface area contributed by atoms with Crippen molar-refractivity contribution in [1.82, 2.24) is 15.1 Å². The van der Waals surface area contributed by atoms with Gasteiger partial charge in [0.25, 0.3) is 0 Å². The first-order valence-corrected chi connectivity index (χ1v) is 24.2. The maximum Gasteiger partial charge on any atom is 0.0642 e. The molecule has 0 radical (unpaired) electrons. The van der Waals surface area contributed by atoms with Crippen molar-refractivity contribution in [2.24, 2.45) is 0 Å². The Kier molecular flexibility index (Phi) is 35.4. The Morgan fingerprint density at radius 1 is 0.544 bits per heavy atom. The van der Waals surface area contributed by atoms with Crippen molar-refractivity contribution in [3.05, 3.63) is 84.0 Å². The Balaban J connectivity index is 1.59. The van der Waals surface area contributed by atoms with Gasteiger partial charge in [0.05, 0.1) is 19.3 Å². The van der Waals surface area contributed by atoms with E-state index in [0.717, 1.165) is 78.2 Å². The van der Waals surface area contributed by atoms with Gasteiger partial charge in [0.1, 0.15) is 0 Å². The summed E-state index contributed by atoms with van der Waals surface area (Å²) in [5.74, 6) is 0. The summed E-state index contributed by atoms with van der Waals surface area (Å²) in [6.45, 7) is 14.2. The highest BCUT2D eigenvalue weighted by Gasteiger charge is 2.14. The van der Waals surface area contributed by atoms with Gasteiger partial charge in [-0.3, -0.25) is 4.90 Å². The molecular weight excluding hydrogens is 699 g/mol. The van der Waals surface area contributed by atoms with Crippen LogP contribution in [-0.4, -0.2) is 75.5 Å². The normalized spacial score (nSPS) is 14.6. The Morgan fingerprint density at radius 3 is 1.47 bits per heavy atom. The number of ether oxygens (including phenoxy) is 2. The Labute approximate surface area is 354 Å². The minimum atomic E-state index is 0.209. The summed E-state index contributed by atoms with van der Waals surface area (Å²) in [4.78, 5) is 5.01. The third kappa shape index (κ3) is 32.5. The lowest BCUT2D eigenvalue weighted by Crippen LogP contribution is -2.43. The fourth-order valence-corrected chi connectivity index (χ4v) is 7.37. The van der Waals surface area contributed by atoms with Crippen molar-refractivity contribution in [3.63, 3.8) is 0 Å². The molecule has 0 amide bonds. The average molecular weight is 790 g/mol. The highest BCUT2D eigenvalue weighted by atomic mass is 16.5. The van der Waals surface area contributed by atoms with Crippen LogP contribution >= 0.6 is 0 Å². The predicted octanol–water partition coefficient (Wildman–Crippen LogP) is 13.6. The number of unbranched alkanes of at least 4 members (excludes halogenated alkanes) is 18. The highest BCUT2D eigenvalue weighted by Crippen LogP contribution is 2.13. The van der Waals surface area contributed by atoms with Gasteiger partial charge >= 0.3 is 0 Å². The molecule has 326 valence electrons. The smallest absolute Gasteiger partial charge is 0.0642 e. The number of nitrogens with zero attached hydrogens (tertiary/aromatic N) is 2. The van der Waals surface area contributed by atoms with E-state index < -0.39 is 0 Å². The van der Waals surface area contributed by atoms with Crippen molar-refractivity contribution < 1.29 is 9.47 Å². The van der Waals surface area contributed by atoms with E-state index in [1.54, 1.807) is 0 Å². The highest BCUT2D eigenvalue weighted by molar-refractivity contribution is 5.23. The molecule has 1 saturated heterocycles. The SMILES string of the molecule is CCCCC/C=C\C/C=C\CCCCCCCCOCC(COCCCCCCCC/C=C\C/C=C\CCCCC)NCc1cccc(CN2CCN(C)CC2)c1. The third-order valence-electron chi connectivity index (χ3n) is 11.2. The molecule has 5 heteroatoms. The number of hydrogen-bond donors (Lipinski definition) is 1. The Bertz CT molecular complexity index is 1070. The van der Waals surface area contributed by atoms with Crippen LogP contribution in [-0.2, 0) is 22.6 Å². The largest absolute Gasteiger partial charge is 0.380 e. The van der Waals surface area contributed by atoms with Crippen LogP contribution in [0.3, 0.4) is 0 Å². The van der Waals surface area contributed by atoms with Gasteiger partial charge < -0.3 is 19.7 Å². The standard InChI is InChI=1S/C52H91N3O2/c1-4-6-8-10-12-14-16-18-20-22-24-26-28-30-32-34-43-56-48-52(53-46-50-37-36-38-51(45-50)47-55-41-39-54(3)40-42-55)49-57-44-35-33-31-29-27-25-23-21-19-17-15-13-11-9-7-5-2/h12-15,18-21,36-38,45,52-53H,4-11,16-17,22-35,39-44,46-49H2,1-3H3/b14-12-,15-13-,20-18-,21-19-. The number of piperazine rings is 1. The fraction of sp³-hybridized carbons (Fsp3) is 0.731. The molecule has 0 aromatic heterocycles. The van der Waals surface area contributed by atoms with Crippen LogP contribution in [0.5, 0.6) is 0 Å². The summed E-state index contributed by atoms with van der Waals surface area (Å²) in [5, 5.41) is 3.80. The van der Waals surface area contributed by atoms with Gasteiger partial charge in [0.2, 0.25) is 0 Å². The maximum absolute atomic E-state index is 6.25. The molecule has 0 atom stereocenters. The van der Waals surface area contributed by atoms with Crippen LogP contribution in [0, 0.1) is 0 Å². The number of hydrogen-bond acceptors (Lipinski definition) is 5. The molecule has 1 heterocycles. The van der Waals surface area contributed by atoms with Crippen molar-refractivity contribution in [2.75, 3.05) is 59.7 Å². The van der Waals surface area contributed by atoms with Gasteiger partial charge in [-0.05, 0) is 95.2 Å². The van der Waals surface area contributed by atoms with E-state index in [1.807, 2.05) is 0 Å². The zero-order valence-corrected chi connectivity index (χ0v) is 37.8. The minimum Gasteiger partial charge on any atom is -0.380 e. The minimum absolute atomic E-state index is 0.209. The van der Waals surface area contributed by atoms with Crippen molar-refractivity contribution in [2.45, 2.75) is 187 Å². The van der Waals surface area contributed by atoms with Gasteiger partial charge in [-0.25, -0.2) is 0 Å². The van der Waals surface area contributed by atoms with Gasteiger partial charge in [-0.2, -0.15) is 0 Å². The number of allylic oxidation sites excluding steroid dienone is 8. The topological polar surface area (TPSA) is 37.0 Å². The van der Waals surface area contributed by atoms with Crippen LogP contribution in [0.15, 0.2) is 72.9 Å². The molecule has 1 N–H and O–H groups in total. The first kappa shape index (κ1) is 51.1. The molecule has 1 fully saturated rings. The fourth-order valence-electron chi connectivity index (χ4n) is 7.37. The van der Waals surface area contributed by atoms with E-state index in [2.05, 4.69) is 109 Å². The summed E-state index contributed by atoms with van der Waals surface area (Å²) < 4.78 is 12.5. The van der Waals surface area contributed by atoms with Crippen molar-refractivity contribution in [1.29, 1.82) is 0 Å². The van der Waals surface area contributed by atoms with Crippen LogP contribution in [0.2, 0.25) is 0 Å². The molecule has 0 spiro atoms. The molecule has 0 aliphatic carbocycles. The summed E-state index contributed by atoms with van der Waals surface area (Å²) in [6.07, 6.45) is 49.3. The molecule has 1 aliphatic rings. The lowest BCUT2D eigenvalue weighted by Gasteiger charge is -2.32. The van der Waals surface area contributed by atoms with E-state index in [-0.39, 0.29) is 6.04 Å². The number of likely N-dealkylation sites (N-methyl/N-ethyl adjacent to an activating group) is 1. The monoisotopic (exact) mass is 790 g/mol. The van der Waals surface area contributed by atoms with Crippen LogP contribution < -0.4 is 5.32 Å². The lowest BCUT2D eigenvalue weighted by molar-refractivity contribution is 0.0523. The molecule has 0 saturated carbocycles. The molecule has 1 aromatic carbocycles. The molecule has 1 aromatic rings. The van der Waals surface area contributed by atoms with E-state index in [4.69, 9.17) is 9.47 Å². The quantitative estimate of drug-likeness (QED) is 0.0531. The molecule has 0 bridgehead atoms. The van der Waals surface area contributed by atoms with Crippen LogP contribution in [0.4, 0.5) is 0 Å². The van der Waals surface area contributed by atoms with E-state index in [1.165, 1.54) is 140 Å². The second-order valence-corrected chi connectivity index (χ2v) is 16.8. The number of rotatable bonds is 39. The molecule has 5 nitrogen and oxygen atoms in total. The summed E-state index contributed by atoms with van der Waals surface area (Å²) in [5.41, 5.74) is 2.76. The first-order valence-electron chi connectivity index (χ1n) is 24.2.